The number of ketones is 1. The summed E-state index contributed by atoms with van der Waals surface area (Å²) in [5.74, 6) is -0.372. The van der Waals surface area contributed by atoms with E-state index >= 15 is 0 Å². The summed E-state index contributed by atoms with van der Waals surface area (Å²) < 4.78 is 18.5. The van der Waals surface area contributed by atoms with Gasteiger partial charge in [0.2, 0.25) is 5.78 Å². The maximum atomic E-state index is 13.4. The Kier molecular flexibility index (Phi) is 3.25. The molecule has 0 radical (unpaired) electrons. The molecule has 0 atom stereocenters. The topological polar surface area (TPSA) is 26.3 Å². The molecular weight excluding hydrogens is 231 g/mol. The second-order valence-electron chi connectivity index (χ2n) is 3.51. The van der Waals surface area contributed by atoms with Crippen molar-refractivity contribution in [3.8, 4) is 0 Å². The molecule has 4 heteroatoms. The van der Waals surface area contributed by atoms with Crippen LogP contribution in [0.3, 0.4) is 0 Å². The molecule has 1 aliphatic heterocycles. The van der Waals surface area contributed by atoms with Crippen molar-refractivity contribution in [3.63, 3.8) is 0 Å². The Hall–Kier alpha value is -1.35. The molecule has 1 aromatic carbocycles. The molecule has 84 valence electrons. The number of carbonyl (C=O) groups excluding carboxylic acids is 1. The Bertz CT molecular complexity index is 434. The predicted molar refractivity (Wildman–Crippen MR) is 58.8 cm³/mol. The van der Waals surface area contributed by atoms with E-state index < -0.39 is 5.82 Å². The van der Waals surface area contributed by atoms with Gasteiger partial charge in [0.25, 0.3) is 0 Å². The molecule has 0 bridgehead atoms. The summed E-state index contributed by atoms with van der Waals surface area (Å²) in [5, 5.41) is 0.270. The number of ether oxygens (including phenoxy) is 1. The Morgan fingerprint density at radius 1 is 1.50 bits per heavy atom. The average Bonchev–Trinajstić information content (AvgIpc) is 2.76. The molecule has 0 N–H and O–H groups in total. The zero-order valence-electron chi connectivity index (χ0n) is 8.50. The normalized spacial score (nSPS) is 14.5. The summed E-state index contributed by atoms with van der Waals surface area (Å²) >= 11 is 5.83. The van der Waals surface area contributed by atoms with Crippen LogP contribution in [0.5, 0.6) is 0 Å². The van der Waals surface area contributed by atoms with Crippen molar-refractivity contribution in [2.24, 2.45) is 0 Å². The molecule has 0 aliphatic carbocycles. The Morgan fingerprint density at radius 3 is 2.94 bits per heavy atom. The number of carbonyl (C=O) groups is 1. The summed E-state index contributed by atoms with van der Waals surface area (Å²) in [6.07, 6.45) is 2.39. The van der Waals surface area contributed by atoms with Crippen molar-refractivity contribution in [1.29, 1.82) is 0 Å². The fourth-order valence-electron chi connectivity index (χ4n) is 1.56. The maximum Gasteiger partial charge on any atom is 0.201 e. The summed E-state index contributed by atoms with van der Waals surface area (Å²) in [6, 6.07) is 4.37. The van der Waals surface area contributed by atoms with Gasteiger partial charge in [-0.25, -0.2) is 4.39 Å². The van der Waals surface area contributed by atoms with E-state index in [0.717, 1.165) is 6.42 Å². The summed E-state index contributed by atoms with van der Waals surface area (Å²) in [4.78, 5) is 11.7. The Morgan fingerprint density at radius 2 is 2.31 bits per heavy atom. The lowest BCUT2D eigenvalue weighted by Gasteiger charge is -2.06. The van der Waals surface area contributed by atoms with Crippen molar-refractivity contribution in [2.75, 3.05) is 6.61 Å². The van der Waals surface area contributed by atoms with Crippen LogP contribution in [0.2, 0.25) is 5.02 Å². The summed E-state index contributed by atoms with van der Waals surface area (Å²) in [5.41, 5.74) is 0.227. The highest BCUT2D eigenvalue weighted by molar-refractivity contribution is 6.31. The minimum atomic E-state index is -0.459. The van der Waals surface area contributed by atoms with Crippen LogP contribution in [0.25, 0.3) is 0 Å². The minimum Gasteiger partial charge on any atom is -0.490 e. The maximum absolute atomic E-state index is 13.4. The van der Waals surface area contributed by atoms with Gasteiger partial charge in [-0.2, -0.15) is 0 Å². The minimum absolute atomic E-state index is 0.0582. The van der Waals surface area contributed by atoms with Crippen LogP contribution in [0, 0.1) is 5.82 Å². The van der Waals surface area contributed by atoms with E-state index in [9.17, 15) is 9.18 Å². The highest BCUT2D eigenvalue weighted by Gasteiger charge is 2.18. The number of rotatable bonds is 3. The van der Waals surface area contributed by atoms with Crippen molar-refractivity contribution in [3.05, 3.63) is 46.4 Å². The molecule has 1 aromatic rings. The van der Waals surface area contributed by atoms with Gasteiger partial charge in [0.05, 0.1) is 6.61 Å². The van der Waals surface area contributed by atoms with Crippen molar-refractivity contribution in [1.82, 2.24) is 0 Å². The Labute approximate surface area is 97.7 Å². The third-order valence-electron chi connectivity index (χ3n) is 2.38. The molecule has 0 saturated carbocycles. The first-order chi connectivity index (χ1) is 7.68. The molecule has 0 fully saturated rings. The molecule has 1 aliphatic rings. The van der Waals surface area contributed by atoms with Crippen LogP contribution in [0.4, 0.5) is 4.39 Å². The first-order valence-corrected chi connectivity index (χ1v) is 5.35. The van der Waals surface area contributed by atoms with Crippen LogP contribution >= 0.6 is 11.6 Å². The molecular formula is C12H10ClFO2. The standard InChI is InChI=1S/C12H10ClFO2/c13-9-3-1-4-10(14)8(9)7-11(15)12-5-2-6-16-12/h1,3-5H,2,6-7H2. The largest absolute Gasteiger partial charge is 0.490 e. The van der Waals surface area contributed by atoms with Gasteiger partial charge in [-0.1, -0.05) is 17.7 Å². The molecule has 0 aromatic heterocycles. The highest BCUT2D eigenvalue weighted by Crippen LogP contribution is 2.22. The summed E-state index contributed by atoms with van der Waals surface area (Å²) in [6.45, 7) is 0.520. The lowest BCUT2D eigenvalue weighted by molar-refractivity contribution is -0.117. The van der Waals surface area contributed by atoms with Gasteiger partial charge >= 0.3 is 0 Å². The SMILES string of the molecule is O=C(Cc1c(F)cccc1Cl)C1=CCCO1. The van der Waals surface area contributed by atoms with E-state index in [-0.39, 0.29) is 22.8 Å². The van der Waals surface area contributed by atoms with Crippen LogP contribution < -0.4 is 0 Å². The smallest absolute Gasteiger partial charge is 0.201 e. The van der Waals surface area contributed by atoms with Crippen LogP contribution in [-0.4, -0.2) is 12.4 Å². The van der Waals surface area contributed by atoms with Crippen LogP contribution in [-0.2, 0) is 16.0 Å². The number of hydrogen-bond acceptors (Lipinski definition) is 2. The van der Waals surface area contributed by atoms with E-state index in [1.54, 1.807) is 12.1 Å². The quantitative estimate of drug-likeness (QED) is 0.812. The van der Waals surface area contributed by atoms with Gasteiger partial charge in [0.1, 0.15) is 5.82 Å². The number of hydrogen-bond donors (Lipinski definition) is 0. The Balaban J connectivity index is 2.17. The first kappa shape index (κ1) is 11.1. The van der Waals surface area contributed by atoms with Gasteiger partial charge in [-0.05, 0) is 18.2 Å². The van der Waals surface area contributed by atoms with Gasteiger partial charge in [0.15, 0.2) is 5.76 Å². The molecule has 0 unspecified atom stereocenters. The first-order valence-electron chi connectivity index (χ1n) is 4.97. The van der Waals surface area contributed by atoms with E-state index in [1.807, 2.05) is 0 Å². The third kappa shape index (κ3) is 2.25. The van der Waals surface area contributed by atoms with Gasteiger partial charge < -0.3 is 4.74 Å². The molecule has 2 rings (SSSR count). The predicted octanol–water partition coefficient (Wildman–Crippen LogP) is 2.89. The van der Waals surface area contributed by atoms with E-state index in [4.69, 9.17) is 16.3 Å². The van der Waals surface area contributed by atoms with Crippen LogP contribution in [0.15, 0.2) is 30.0 Å². The summed E-state index contributed by atoms with van der Waals surface area (Å²) in [7, 11) is 0. The molecule has 0 spiro atoms. The zero-order valence-corrected chi connectivity index (χ0v) is 9.26. The number of benzene rings is 1. The number of allylic oxidation sites excluding steroid dienone is 1. The lowest BCUT2D eigenvalue weighted by atomic mass is 10.1. The van der Waals surface area contributed by atoms with Gasteiger partial charge in [-0.15, -0.1) is 0 Å². The van der Waals surface area contributed by atoms with E-state index in [0.29, 0.717) is 12.4 Å². The highest BCUT2D eigenvalue weighted by atomic mass is 35.5. The molecule has 1 heterocycles. The second kappa shape index (κ2) is 4.66. The van der Waals surface area contributed by atoms with Gasteiger partial charge in [-0.3, -0.25) is 4.79 Å². The van der Waals surface area contributed by atoms with Crippen molar-refractivity contribution < 1.29 is 13.9 Å². The monoisotopic (exact) mass is 240 g/mol. The fraction of sp³-hybridized carbons (Fsp3) is 0.250. The number of Topliss-reactive ketones (excluding diaryl/α,β-unsaturated/α-hetero) is 1. The fourth-order valence-corrected chi connectivity index (χ4v) is 1.79. The number of halogens is 2. The van der Waals surface area contributed by atoms with E-state index in [1.165, 1.54) is 12.1 Å². The average molecular weight is 241 g/mol. The van der Waals surface area contributed by atoms with Crippen molar-refractivity contribution in [2.45, 2.75) is 12.8 Å². The van der Waals surface area contributed by atoms with Crippen molar-refractivity contribution >= 4 is 17.4 Å². The van der Waals surface area contributed by atoms with E-state index in [2.05, 4.69) is 0 Å². The molecule has 0 amide bonds. The molecule has 0 saturated heterocycles. The molecule has 2 nitrogen and oxygen atoms in total. The molecule has 16 heavy (non-hydrogen) atoms. The third-order valence-corrected chi connectivity index (χ3v) is 2.73. The van der Waals surface area contributed by atoms with Gasteiger partial charge in [0, 0.05) is 23.4 Å². The lowest BCUT2D eigenvalue weighted by Crippen LogP contribution is -2.08. The van der Waals surface area contributed by atoms with Crippen LogP contribution in [0.1, 0.15) is 12.0 Å². The second-order valence-corrected chi connectivity index (χ2v) is 3.91. The zero-order chi connectivity index (χ0) is 11.5.